The molecule has 1 aromatic heterocycles. The van der Waals surface area contributed by atoms with Crippen LogP contribution in [0.2, 0.25) is 0 Å². The first kappa shape index (κ1) is 26.4. The predicted molar refractivity (Wildman–Crippen MR) is 150 cm³/mol. The Labute approximate surface area is 230 Å². The number of hydrogen-bond donors (Lipinski definition) is 2. The normalized spacial score (nSPS) is 28.9. The van der Waals surface area contributed by atoms with E-state index in [2.05, 4.69) is 5.32 Å². The van der Waals surface area contributed by atoms with Gasteiger partial charge in [0.05, 0.1) is 5.52 Å². The van der Waals surface area contributed by atoms with E-state index in [0.717, 1.165) is 55.8 Å². The number of hydrogen-bond acceptors (Lipinski definition) is 5. The molecule has 2 aliphatic carbocycles. The second-order valence-corrected chi connectivity index (χ2v) is 12.7. The van der Waals surface area contributed by atoms with Gasteiger partial charge in [-0.1, -0.05) is 32.1 Å². The van der Waals surface area contributed by atoms with Crippen molar-refractivity contribution in [2.75, 3.05) is 18.4 Å². The van der Waals surface area contributed by atoms with Gasteiger partial charge < -0.3 is 20.7 Å². The van der Waals surface area contributed by atoms with Gasteiger partial charge in [-0.3, -0.25) is 14.2 Å². The van der Waals surface area contributed by atoms with Crippen molar-refractivity contribution in [2.24, 2.45) is 29.4 Å². The molecule has 39 heavy (non-hydrogen) atoms. The quantitative estimate of drug-likeness (QED) is 0.525. The molecule has 1 unspecified atom stereocenters. The van der Waals surface area contributed by atoms with Crippen LogP contribution in [0.1, 0.15) is 88.5 Å². The van der Waals surface area contributed by atoms with Crippen LogP contribution in [0, 0.1) is 23.7 Å². The number of rotatable bonds is 5. The van der Waals surface area contributed by atoms with Crippen LogP contribution in [0.5, 0.6) is 0 Å². The molecule has 2 aliphatic heterocycles. The van der Waals surface area contributed by atoms with Gasteiger partial charge in [0.1, 0.15) is 11.7 Å². The molecule has 2 amide bonds. The van der Waals surface area contributed by atoms with Crippen molar-refractivity contribution < 1.29 is 19.1 Å². The Morgan fingerprint density at radius 2 is 1.77 bits per heavy atom. The van der Waals surface area contributed by atoms with E-state index in [0.29, 0.717) is 36.3 Å². The molecule has 0 bridgehead atoms. The fourth-order valence-corrected chi connectivity index (χ4v) is 7.90. The summed E-state index contributed by atoms with van der Waals surface area (Å²) in [4.78, 5) is 42.1. The van der Waals surface area contributed by atoms with Crippen LogP contribution in [0.4, 0.5) is 5.69 Å². The fourth-order valence-electron chi connectivity index (χ4n) is 7.90. The van der Waals surface area contributed by atoms with E-state index >= 15 is 0 Å². The number of nitrogens with one attached hydrogen (secondary N) is 1. The molecule has 4 aliphatic rings. The van der Waals surface area contributed by atoms with Gasteiger partial charge >= 0.3 is 5.97 Å². The maximum atomic E-state index is 14.0. The number of esters is 1. The zero-order chi connectivity index (χ0) is 27.3. The summed E-state index contributed by atoms with van der Waals surface area (Å²) in [6.45, 7) is 5.09. The van der Waals surface area contributed by atoms with E-state index in [1.54, 1.807) is 0 Å². The van der Waals surface area contributed by atoms with Crippen molar-refractivity contribution in [1.82, 2.24) is 9.47 Å². The van der Waals surface area contributed by atoms with Crippen molar-refractivity contribution in [3.63, 3.8) is 0 Å². The molecule has 0 radical (unpaired) electrons. The topological polar surface area (TPSA) is 107 Å². The van der Waals surface area contributed by atoms with Gasteiger partial charge in [0.25, 0.3) is 0 Å². The van der Waals surface area contributed by atoms with Crippen LogP contribution in [0.15, 0.2) is 24.3 Å². The molecule has 2 atom stereocenters. The second kappa shape index (κ2) is 10.3. The lowest BCUT2D eigenvalue weighted by Gasteiger charge is -2.36. The number of anilines is 1. The summed E-state index contributed by atoms with van der Waals surface area (Å²) in [7, 11) is 0. The summed E-state index contributed by atoms with van der Waals surface area (Å²) in [6.07, 6.45) is 10.6. The highest BCUT2D eigenvalue weighted by Crippen LogP contribution is 2.41. The lowest BCUT2D eigenvalue weighted by Crippen LogP contribution is -2.49. The number of benzene rings is 1. The SMILES string of the molecule is CC1(C)OC(=O)c2cc3cc(NC(=O)[C@@H]4C(C5CCCCC5)CCN4C(=O)[C@H]4CC[C@H](CN)CC4)ccc3n21. The van der Waals surface area contributed by atoms with Crippen LogP contribution in [-0.2, 0) is 20.1 Å². The standard InChI is InChI=1S/C31H42N4O4/c1-31(2)35-25-13-12-23(16-22(25)17-26(35)30(38)39-31)33-28(36)27-24(20-6-4-3-5-7-20)14-15-34(27)29(37)21-10-8-19(18-32)9-11-21/h12-13,16-17,19-21,24,27H,3-11,14-15,18,32H2,1-2H3,(H,33,36)/t19-,21-,24?,27-/m0/s1. The second-order valence-electron chi connectivity index (χ2n) is 12.7. The summed E-state index contributed by atoms with van der Waals surface area (Å²) in [5.74, 6) is 0.938. The summed E-state index contributed by atoms with van der Waals surface area (Å²) < 4.78 is 7.41. The lowest BCUT2D eigenvalue weighted by molar-refractivity contribution is -0.142. The average molecular weight is 535 g/mol. The monoisotopic (exact) mass is 534 g/mol. The summed E-state index contributed by atoms with van der Waals surface area (Å²) >= 11 is 0. The minimum absolute atomic E-state index is 0.00334. The van der Waals surface area contributed by atoms with Crippen molar-refractivity contribution >= 4 is 34.4 Å². The van der Waals surface area contributed by atoms with Crippen LogP contribution >= 0.6 is 0 Å². The van der Waals surface area contributed by atoms with Crippen LogP contribution in [-0.4, -0.2) is 46.4 Å². The molecule has 3 fully saturated rings. The number of fused-ring (bicyclic) bond motifs is 3. The van der Waals surface area contributed by atoms with E-state index < -0.39 is 11.8 Å². The number of likely N-dealkylation sites (tertiary alicyclic amines) is 1. The molecule has 210 valence electrons. The Morgan fingerprint density at radius 3 is 2.49 bits per heavy atom. The molecule has 1 aromatic carbocycles. The molecule has 8 nitrogen and oxygen atoms in total. The van der Waals surface area contributed by atoms with Gasteiger partial charge in [-0.05, 0) is 94.5 Å². The van der Waals surface area contributed by atoms with Gasteiger partial charge in [0.2, 0.25) is 11.8 Å². The zero-order valence-corrected chi connectivity index (χ0v) is 23.3. The number of carbonyl (C=O) groups excluding carboxylic acids is 3. The number of amides is 2. The first-order valence-corrected chi connectivity index (χ1v) is 15.0. The van der Waals surface area contributed by atoms with E-state index in [1.165, 1.54) is 19.3 Å². The van der Waals surface area contributed by atoms with Gasteiger partial charge in [0.15, 0.2) is 5.72 Å². The maximum Gasteiger partial charge on any atom is 0.357 e. The molecule has 3 N–H and O–H groups in total. The molecule has 2 saturated carbocycles. The fraction of sp³-hybridized carbons (Fsp3) is 0.645. The first-order chi connectivity index (χ1) is 18.8. The van der Waals surface area contributed by atoms with E-state index in [4.69, 9.17) is 10.5 Å². The maximum absolute atomic E-state index is 14.0. The van der Waals surface area contributed by atoms with Gasteiger partial charge in [-0.15, -0.1) is 0 Å². The molecule has 8 heteroatoms. The predicted octanol–water partition coefficient (Wildman–Crippen LogP) is 5.01. The van der Waals surface area contributed by atoms with Crippen LogP contribution < -0.4 is 11.1 Å². The third-order valence-electron chi connectivity index (χ3n) is 9.94. The van der Waals surface area contributed by atoms with E-state index in [1.807, 2.05) is 47.6 Å². The Morgan fingerprint density at radius 1 is 1.03 bits per heavy atom. The largest absolute Gasteiger partial charge is 0.434 e. The van der Waals surface area contributed by atoms with Gasteiger partial charge in [-0.25, -0.2) is 4.79 Å². The van der Waals surface area contributed by atoms with Gasteiger partial charge in [-0.2, -0.15) is 0 Å². The molecule has 2 aromatic rings. The molecular formula is C31H42N4O4. The third-order valence-corrected chi connectivity index (χ3v) is 9.94. The van der Waals surface area contributed by atoms with E-state index in [9.17, 15) is 14.4 Å². The Bertz CT molecular complexity index is 1270. The molecule has 1 saturated heterocycles. The number of cyclic esters (lactones) is 1. The van der Waals surface area contributed by atoms with Gasteiger partial charge in [0, 0.05) is 23.5 Å². The Hall–Kier alpha value is -2.87. The number of aromatic nitrogens is 1. The highest BCUT2D eigenvalue weighted by molar-refractivity contribution is 6.02. The zero-order valence-electron chi connectivity index (χ0n) is 23.3. The molecular weight excluding hydrogens is 492 g/mol. The van der Waals surface area contributed by atoms with E-state index in [-0.39, 0.29) is 29.6 Å². The number of carbonyl (C=O) groups is 3. The summed E-state index contributed by atoms with van der Waals surface area (Å²) in [5.41, 5.74) is 7.24. The summed E-state index contributed by atoms with van der Waals surface area (Å²) in [6, 6.07) is 7.14. The highest BCUT2D eigenvalue weighted by atomic mass is 16.6. The van der Waals surface area contributed by atoms with Crippen molar-refractivity contribution in [3.05, 3.63) is 30.0 Å². The van der Waals surface area contributed by atoms with Crippen LogP contribution in [0.3, 0.4) is 0 Å². The summed E-state index contributed by atoms with van der Waals surface area (Å²) in [5, 5.41) is 4.05. The Balaban J connectivity index is 1.25. The average Bonchev–Trinajstić information content (AvgIpc) is 3.61. The third kappa shape index (κ3) is 4.75. The Kier molecular flexibility index (Phi) is 6.94. The number of nitrogens with two attached hydrogens (primary N) is 1. The van der Waals surface area contributed by atoms with Crippen molar-refractivity contribution in [3.8, 4) is 0 Å². The number of nitrogens with zero attached hydrogens (tertiary/aromatic N) is 2. The molecule has 3 heterocycles. The lowest BCUT2D eigenvalue weighted by atomic mass is 9.76. The first-order valence-electron chi connectivity index (χ1n) is 15.0. The van der Waals surface area contributed by atoms with Crippen molar-refractivity contribution in [1.29, 1.82) is 0 Å². The molecule has 6 rings (SSSR count). The van der Waals surface area contributed by atoms with Crippen molar-refractivity contribution in [2.45, 2.75) is 89.8 Å². The van der Waals surface area contributed by atoms with Crippen LogP contribution in [0.25, 0.3) is 10.9 Å². The molecule has 0 spiro atoms. The minimum atomic E-state index is -0.750. The number of ether oxygens (including phenoxy) is 1. The highest BCUT2D eigenvalue weighted by Gasteiger charge is 2.47. The smallest absolute Gasteiger partial charge is 0.357 e. The minimum Gasteiger partial charge on any atom is -0.434 e.